The molecule has 1 saturated heterocycles. The SMILES string of the molecule is c1ccc2cc(NCCC3CCCNC3)ccc2c1. The number of rotatable bonds is 4. The second-order valence-corrected chi connectivity index (χ2v) is 5.49. The normalized spacial score (nSPS) is 19.5. The van der Waals surface area contributed by atoms with Crippen LogP contribution in [0.3, 0.4) is 0 Å². The Morgan fingerprint density at radius 1 is 1.11 bits per heavy atom. The van der Waals surface area contributed by atoms with Gasteiger partial charge in [0.25, 0.3) is 0 Å². The molecule has 2 aromatic carbocycles. The first-order valence-corrected chi connectivity index (χ1v) is 7.35. The maximum Gasteiger partial charge on any atom is 0.0346 e. The highest BCUT2D eigenvalue weighted by Gasteiger charge is 2.11. The number of fused-ring (bicyclic) bond motifs is 1. The Bertz CT molecular complexity index is 530. The number of piperidine rings is 1. The predicted octanol–water partition coefficient (Wildman–Crippen LogP) is 3.64. The van der Waals surface area contributed by atoms with Gasteiger partial charge in [-0.05, 0) is 61.2 Å². The van der Waals surface area contributed by atoms with Crippen molar-refractivity contribution >= 4 is 16.5 Å². The molecular weight excluding hydrogens is 232 g/mol. The van der Waals surface area contributed by atoms with Crippen LogP contribution in [0.1, 0.15) is 19.3 Å². The van der Waals surface area contributed by atoms with Crippen LogP contribution in [0.5, 0.6) is 0 Å². The third kappa shape index (κ3) is 3.27. The minimum absolute atomic E-state index is 0.849. The number of hydrogen-bond acceptors (Lipinski definition) is 2. The molecule has 1 unspecified atom stereocenters. The van der Waals surface area contributed by atoms with E-state index in [-0.39, 0.29) is 0 Å². The van der Waals surface area contributed by atoms with Crippen molar-refractivity contribution in [1.29, 1.82) is 0 Å². The summed E-state index contributed by atoms with van der Waals surface area (Å²) in [5.74, 6) is 0.849. The molecule has 0 saturated carbocycles. The molecule has 1 atom stereocenters. The lowest BCUT2D eigenvalue weighted by molar-refractivity contribution is 0.364. The van der Waals surface area contributed by atoms with E-state index in [4.69, 9.17) is 0 Å². The molecule has 1 heterocycles. The summed E-state index contributed by atoms with van der Waals surface area (Å²) >= 11 is 0. The molecule has 0 bridgehead atoms. The largest absolute Gasteiger partial charge is 0.385 e. The van der Waals surface area contributed by atoms with E-state index in [1.54, 1.807) is 0 Å². The van der Waals surface area contributed by atoms with Gasteiger partial charge in [-0.15, -0.1) is 0 Å². The Kier molecular flexibility index (Phi) is 3.99. The standard InChI is InChI=1S/C17H22N2/c1-2-6-16-12-17(8-7-15(16)5-1)19-11-9-14-4-3-10-18-13-14/h1-2,5-8,12,14,18-19H,3-4,9-11,13H2. The van der Waals surface area contributed by atoms with Gasteiger partial charge in [-0.2, -0.15) is 0 Å². The molecule has 3 rings (SSSR count). The number of benzene rings is 2. The smallest absolute Gasteiger partial charge is 0.0346 e. The molecule has 100 valence electrons. The molecule has 2 nitrogen and oxygen atoms in total. The van der Waals surface area contributed by atoms with Crippen LogP contribution in [-0.4, -0.2) is 19.6 Å². The highest BCUT2D eigenvalue weighted by molar-refractivity contribution is 5.85. The zero-order chi connectivity index (χ0) is 12.9. The molecule has 1 aliphatic heterocycles. The maximum absolute atomic E-state index is 3.56. The Balaban J connectivity index is 1.56. The quantitative estimate of drug-likeness (QED) is 0.870. The van der Waals surface area contributed by atoms with Gasteiger partial charge in [-0.3, -0.25) is 0 Å². The summed E-state index contributed by atoms with van der Waals surface area (Å²) in [6.07, 6.45) is 3.98. The van der Waals surface area contributed by atoms with E-state index in [1.165, 1.54) is 48.8 Å². The van der Waals surface area contributed by atoms with E-state index in [0.717, 1.165) is 12.5 Å². The Morgan fingerprint density at radius 3 is 2.84 bits per heavy atom. The summed E-state index contributed by atoms with van der Waals surface area (Å²) in [4.78, 5) is 0. The van der Waals surface area contributed by atoms with Crippen molar-refractivity contribution in [3.8, 4) is 0 Å². The fourth-order valence-corrected chi connectivity index (χ4v) is 2.89. The second-order valence-electron chi connectivity index (χ2n) is 5.49. The van der Waals surface area contributed by atoms with Crippen LogP contribution in [0.15, 0.2) is 42.5 Å². The lowest BCUT2D eigenvalue weighted by Gasteiger charge is -2.22. The highest BCUT2D eigenvalue weighted by atomic mass is 14.9. The minimum Gasteiger partial charge on any atom is -0.385 e. The predicted molar refractivity (Wildman–Crippen MR) is 82.6 cm³/mol. The zero-order valence-corrected chi connectivity index (χ0v) is 11.4. The number of anilines is 1. The third-order valence-electron chi connectivity index (χ3n) is 4.03. The Labute approximate surface area is 115 Å². The third-order valence-corrected chi connectivity index (χ3v) is 4.03. The molecule has 1 aliphatic rings. The molecule has 0 amide bonds. The molecule has 2 aromatic rings. The average molecular weight is 254 g/mol. The first kappa shape index (κ1) is 12.5. The van der Waals surface area contributed by atoms with E-state index >= 15 is 0 Å². The summed E-state index contributed by atoms with van der Waals surface area (Å²) < 4.78 is 0. The minimum atomic E-state index is 0.849. The van der Waals surface area contributed by atoms with Gasteiger partial charge in [-0.1, -0.05) is 30.3 Å². The summed E-state index contributed by atoms with van der Waals surface area (Å²) in [6, 6.07) is 15.1. The molecular formula is C17H22N2. The van der Waals surface area contributed by atoms with Crippen LogP contribution in [0, 0.1) is 5.92 Å². The molecule has 0 radical (unpaired) electrons. The van der Waals surface area contributed by atoms with E-state index in [9.17, 15) is 0 Å². The van der Waals surface area contributed by atoms with E-state index < -0.39 is 0 Å². The highest BCUT2D eigenvalue weighted by Crippen LogP contribution is 2.19. The molecule has 0 aromatic heterocycles. The summed E-state index contributed by atoms with van der Waals surface area (Å²) in [6.45, 7) is 3.47. The number of nitrogens with one attached hydrogen (secondary N) is 2. The molecule has 0 aliphatic carbocycles. The fourth-order valence-electron chi connectivity index (χ4n) is 2.89. The topological polar surface area (TPSA) is 24.1 Å². The van der Waals surface area contributed by atoms with E-state index in [1.807, 2.05) is 0 Å². The summed E-state index contributed by atoms with van der Waals surface area (Å²) in [5, 5.41) is 9.66. The van der Waals surface area contributed by atoms with Gasteiger partial charge in [0.1, 0.15) is 0 Å². The van der Waals surface area contributed by atoms with Gasteiger partial charge in [0.2, 0.25) is 0 Å². The van der Waals surface area contributed by atoms with Gasteiger partial charge >= 0.3 is 0 Å². The van der Waals surface area contributed by atoms with Crippen molar-refractivity contribution in [3.05, 3.63) is 42.5 Å². The van der Waals surface area contributed by atoms with E-state index in [2.05, 4.69) is 53.1 Å². The van der Waals surface area contributed by atoms with Crippen LogP contribution in [0.25, 0.3) is 10.8 Å². The van der Waals surface area contributed by atoms with Gasteiger partial charge in [0.15, 0.2) is 0 Å². The lowest BCUT2D eigenvalue weighted by atomic mass is 9.96. The monoisotopic (exact) mass is 254 g/mol. The first-order chi connectivity index (χ1) is 9.42. The summed E-state index contributed by atoms with van der Waals surface area (Å²) in [5.41, 5.74) is 1.24. The Hall–Kier alpha value is -1.54. The molecule has 2 N–H and O–H groups in total. The van der Waals surface area contributed by atoms with Crippen LogP contribution in [0.4, 0.5) is 5.69 Å². The van der Waals surface area contributed by atoms with Gasteiger partial charge in [0, 0.05) is 12.2 Å². The van der Waals surface area contributed by atoms with Gasteiger partial charge in [0.05, 0.1) is 0 Å². The average Bonchev–Trinajstić information content (AvgIpc) is 2.48. The maximum atomic E-state index is 3.56. The van der Waals surface area contributed by atoms with Crippen LogP contribution >= 0.6 is 0 Å². The van der Waals surface area contributed by atoms with Crippen molar-refractivity contribution in [2.24, 2.45) is 5.92 Å². The first-order valence-electron chi connectivity index (χ1n) is 7.35. The van der Waals surface area contributed by atoms with Crippen molar-refractivity contribution in [3.63, 3.8) is 0 Å². The van der Waals surface area contributed by atoms with Crippen LogP contribution in [0.2, 0.25) is 0 Å². The van der Waals surface area contributed by atoms with Gasteiger partial charge < -0.3 is 10.6 Å². The summed E-state index contributed by atoms with van der Waals surface area (Å²) in [7, 11) is 0. The molecule has 2 heteroatoms. The van der Waals surface area contributed by atoms with Crippen molar-refractivity contribution in [2.75, 3.05) is 25.0 Å². The number of hydrogen-bond donors (Lipinski definition) is 2. The van der Waals surface area contributed by atoms with Crippen molar-refractivity contribution in [1.82, 2.24) is 5.32 Å². The fraction of sp³-hybridized carbons (Fsp3) is 0.412. The van der Waals surface area contributed by atoms with Crippen LogP contribution < -0.4 is 10.6 Å². The molecule has 19 heavy (non-hydrogen) atoms. The van der Waals surface area contributed by atoms with Gasteiger partial charge in [-0.25, -0.2) is 0 Å². The molecule has 0 spiro atoms. The Morgan fingerprint density at radius 2 is 2.00 bits per heavy atom. The zero-order valence-electron chi connectivity index (χ0n) is 11.4. The molecule has 1 fully saturated rings. The van der Waals surface area contributed by atoms with Crippen molar-refractivity contribution in [2.45, 2.75) is 19.3 Å². The van der Waals surface area contributed by atoms with E-state index in [0.29, 0.717) is 0 Å². The second kappa shape index (κ2) is 6.07. The lowest BCUT2D eigenvalue weighted by Crippen LogP contribution is -2.30. The van der Waals surface area contributed by atoms with Crippen molar-refractivity contribution < 1.29 is 0 Å². The van der Waals surface area contributed by atoms with Crippen LogP contribution in [-0.2, 0) is 0 Å².